The number of rotatable bonds is 5. The highest BCUT2D eigenvalue weighted by Gasteiger charge is 2.17. The first-order chi connectivity index (χ1) is 14.5. The molecule has 3 aromatic heterocycles. The van der Waals surface area contributed by atoms with Crippen LogP contribution in [0, 0.1) is 5.82 Å². The summed E-state index contributed by atoms with van der Waals surface area (Å²) in [7, 11) is 1.52. The molecule has 1 N–H and O–H groups in total. The lowest BCUT2D eigenvalue weighted by atomic mass is 10.1. The van der Waals surface area contributed by atoms with Crippen molar-refractivity contribution in [2.45, 2.75) is 6.54 Å². The van der Waals surface area contributed by atoms with Crippen molar-refractivity contribution in [2.24, 2.45) is 0 Å². The van der Waals surface area contributed by atoms with Crippen molar-refractivity contribution in [2.75, 3.05) is 7.11 Å². The molecule has 0 atom stereocenters. The molecule has 3 heterocycles. The molecule has 0 aliphatic rings. The van der Waals surface area contributed by atoms with Gasteiger partial charge in [-0.25, -0.2) is 14.2 Å². The number of benzene rings is 1. The summed E-state index contributed by atoms with van der Waals surface area (Å²) in [5.41, 5.74) is 0.977. The zero-order valence-electron chi connectivity index (χ0n) is 15.9. The van der Waals surface area contributed by atoms with E-state index in [4.69, 9.17) is 4.74 Å². The maximum Gasteiger partial charge on any atom is 0.341 e. The van der Waals surface area contributed by atoms with E-state index in [0.29, 0.717) is 17.1 Å². The van der Waals surface area contributed by atoms with E-state index >= 15 is 0 Å². The Kier molecular flexibility index (Phi) is 4.97. The molecule has 1 aromatic carbocycles. The molecule has 0 radical (unpaired) electrons. The van der Waals surface area contributed by atoms with Gasteiger partial charge in [0.15, 0.2) is 0 Å². The van der Waals surface area contributed by atoms with Gasteiger partial charge in [0.2, 0.25) is 11.3 Å². The van der Waals surface area contributed by atoms with Gasteiger partial charge in [-0.2, -0.15) is 0 Å². The lowest BCUT2D eigenvalue weighted by Crippen LogP contribution is -2.20. The second-order valence-corrected chi connectivity index (χ2v) is 6.55. The molecule has 8 heteroatoms. The van der Waals surface area contributed by atoms with Crippen LogP contribution in [-0.4, -0.2) is 32.7 Å². The minimum absolute atomic E-state index is 0.0135. The van der Waals surface area contributed by atoms with E-state index in [9.17, 15) is 19.1 Å². The molecule has 4 rings (SSSR count). The highest BCUT2D eigenvalue weighted by molar-refractivity contribution is 5.92. The lowest BCUT2D eigenvalue weighted by Gasteiger charge is -2.13. The number of hydrogen-bond donors (Lipinski definition) is 1. The Bertz CT molecular complexity index is 1320. The van der Waals surface area contributed by atoms with Crippen molar-refractivity contribution in [3.63, 3.8) is 0 Å². The highest BCUT2D eigenvalue weighted by Crippen LogP contribution is 2.26. The van der Waals surface area contributed by atoms with Crippen molar-refractivity contribution in [1.29, 1.82) is 0 Å². The van der Waals surface area contributed by atoms with E-state index < -0.39 is 22.8 Å². The van der Waals surface area contributed by atoms with Crippen LogP contribution >= 0.6 is 0 Å². The van der Waals surface area contributed by atoms with Gasteiger partial charge in [-0.1, -0.05) is 12.1 Å². The van der Waals surface area contributed by atoms with Crippen molar-refractivity contribution in [3.05, 3.63) is 88.2 Å². The number of halogens is 1. The molecule has 0 unspecified atom stereocenters. The summed E-state index contributed by atoms with van der Waals surface area (Å²) in [4.78, 5) is 32.5. The molecule has 150 valence electrons. The van der Waals surface area contributed by atoms with Gasteiger partial charge in [0.1, 0.15) is 11.4 Å². The van der Waals surface area contributed by atoms with Crippen molar-refractivity contribution in [1.82, 2.24) is 14.5 Å². The lowest BCUT2D eigenvalue weighted by molar-refractivity contribution is 0.0695. The topological polar surface area (TPSA) is 94.3 Å². The van der Waals surface area contributed by atoms with Crippen LogP contribution < -0.4 is 10.2 Å². The summed E-state index contributed by atoms with van der Waals surface area (Å²) in [5.74, 6) is -1.53. The molecule has 0 bridgehead atoms. The van der Waals surface area contributed by atoms with Gasteiger partial charge in [0, 0.05) is 30.5 Å². The fourth-order valence-electron chi connectivity index (χ4n) is 3.31. The quantitative estimate of drug-likeness (QED) is 0.547. The normalized spacial score (nSPS) is 10.9. The first-order valence-corrected chi connectivity index (χ1v) is 8.99. The van der Waals surface area contributed by atoms with Crippen molar-refractivity contribution < 1.29 is 19.0 Å². The fourth-order valence-corrected chi connectivity index (χ4v) is 3.31. The van der Waals surface area contributed by atoms with Crippen molar-refractivity contribution >= 4 is 16.9 Å². The Morgan fingerprint density at radius 2 is 2.00 bits per heavy atom. The average molecular weight is 405 g/mol. The molecule has 0 fully saturated rings. The number of ether oxygens (including phenoxy) is 1. The van der Waals surface area contributed by atoms with Gasteiger partial charge < -0.3 is 14.4 Å². The first-order valence-electron chi connectivity index (χ1n) is 8.99. The predicted molar refractivity (Wildman–Crippen MR) is 108 cm³/mol. The number of carboxylic acids is 1. The number of aromatic nitrogens is 3. The molecule has 0 amide bonds. The Morgan fingerprint density at radius 3 is 2.70 bits per heavy atom. The zero-order valence-corrected chi connectivity index (χ0v) is 15.9. The van der Waals surface area contributed by atoms with Crippen LogP contribution in [-0.2, 0) is 6.54 Å². The third-order valence-corrected chi connectivity index (χ3v) is 4.70. The number of hydrogen-bond acceptors (Lipinski definition) is 5. The minimum Gasteiger partial charge on any atom is -0.481 e. The molecule has 0 spiro atoms. The SMILES string of the molecule is COc1ncccc1-c1ccc(Cn2cc(C(=O)O)c(=O)c3cccc(F)c32)cn1. The van der Waals surface area contributed by atoms with Gasteiger partial charge >= 0.3 is 5.97 Å². The summed E-state index contributed by atoms with van der Waals surface area (Å²) < 4.78 is 21.2. The Balaban J connectivity index is 1.77. The largest absolute Gasteiger partial charge is 0.481 e. The van der Waals surface area contributed by atoms with E-state index in [-0.39, 0.29) is 17.4 Å². The van der Waals surface area contributed by atoms with Crippen LogP contribution in [0.3, 0.4) is 0 Å². The Labute approximate surface area is 170 Å². The maximum atomic E-state index is 14.5. The predicted octanol–water partition coefficient (Wildman–Crippen LogP) is 3.35. The minimum atomic E-state index is -1.36. The van der Waals surface area contributed by atoms with Gasteiger partial charge in [0.25, 0.3) is 0 Å². The summed E-state index contributed by atoms with van der Waals surface area (Å²) in [5, 5.41) is 9.37. The van der Waals surface area contributed by atoms with Crippen LogP contribution in [0.25, 0.3) is 22.2 Å². The van der Waals surface area contributed by atoms with E-state index in [2.05, 4.69) is 9.97 Å². The number of aromatic carboxylic acids is 1. The van der Waals surface area contributed by atoms with Crippen LogP contribution in [0.4, 0.5) is 4.39 Å². The Hall–Kier alpha value is -4.07. The zero-order chi connectivity index (χ0) is 21.3. The molecule has 4 aromatic rings. The summed E-state index contributed by atoms with van der Waals surface area (Å²) in [6, 6.07) is 11.2. The van der Waals surface area contributed by atoms with E-state index in [1.165, 1.54) is 29.9 Å². The Morgan fingerprint density at radius 1 is 1.17 bits per heavy atom. The number of carbonyl (C=O) groups is 1. The molecular formula is C22H16FN3O4. The number of pyridine rings is 3. The maximum absolute atomic E-state index is 14.5. The summed E-state index contributed by atoms with van der Waals surface area (Å²) in [6.45, 7) is 0.134. The molecule has 30 heavy (non-hydrogen) atoms. The summed E-state index contributed by atoms with van der Waals surface area (Å²) >= 11 is 0. The summed E-state index contributed by atoms with van der Waals surface area (Å²) in [6.07, 6.45) is 4.38. The van der Waals surface area contributed by atoms with Crippen LogP contribution in [0.5, 0.6) is 5.88 Å². The molecular weight excluding hydrogens is 389 g/mol. The number of para-hydroxylation sites is 1. The van der Waals surface area contributed by atoms with Crippen LogP contribution in [0.15, 0.2) is 65.8 Å². The molecule has 0 saturated carbocycles. The van der Waals surface area contributed by atoms with Crippen LogP contribution in [0.1, 0.15) is 15.9 Å². The second-order valence-electron chi connectivity index (χ2n) is 6.55. The highest BCUT2D eigenvalue weighted by atomic mass is 19.1. The van der Waals surface area contributed by atoms with E-state index in [1.54, 1.807) is 30.6 Å². The molecule has 0 aliphatic heterocycles. The van der Waals surface area contributed by atoms with Gasteiger partial charge in [-0.3, -0.25) is 9.78 Å². The monoisotopic (exact) mass is 405 g/mol. The van der Waals surface area contributed by atoms with Gasteiger partial charge in [0.05, 0.1) is 23.9 Å². The van der Waals surface area contributed by atoms with Gasteiger partial charge in [-0.15, -0.1) is 0 Å². The second kappa shape index (κ2) is 7.75. The first kappa shape index (κ1) is 19.3. The molecule has 0 saturated heterocycles. The third kappa shape index (κ3) is 3.39. The molecule has 7 nitrogen and oxygen atoms in total. The smallest absolute Gasteiger partial charge is 0.341 e. The van der Waals surface area contributed by atoms with E-state index in [0.717, 1.165) is 11.8 Å². The van der Waals surface area contributed by atoms with E-state index in [1.807, 2.05) is 6.07 Å². The van der Waals surface area contributed by atoms with Gasteiger partial charge in [-0.05, 0) is 35.9 Å². The standard InChI is InChI=1S/C22H16FN3O4/c1-30-21-14(5-3-9-24-21)18-8-7-13(10-25-18)11-26-12-16(22(28)29)20(27)15-4-2-6-17(23)19(15)26/h2-10,12H,11H2,1H3,(H,28,29). The number of fused-ring (bicyclic) bond motifs is 1. The third-order valence-electron chi connectivity index (χ3n) is 4.70. The number of carboxylic acid groups (broad SMARTS) is 1. The number of nitrogens with zero attached hydrogens (tertiary/aromatic N) is 3. The molecule has 0 aliphatic carbocycles. The van der Waals surface area contributed by atoms with Crippen molar-refractivity contribution in [3.8, 4) is 17.1 Å². The fraction of sp³-hybridized carbons (Fsp3) is 0.0909. The number of methoxy groups -OCH3 is 1. The van der Waals surface area contributed by atoms with Crippen LogP contribution in [0.2, 0.25) is 0 Å². The average Bonchev–Trinajstić information content (AvgIpc) is 2.76.